The second kappa shape index (κ2) is 6.26. The van der Waals surface area contributed by atoms with Gasteiger partial charge in [-0.05, 0) is 18.8 Å². The number of nitrogens with zero attached hydrogens (tertiary/aromatic N) is 1. The summed E-state index contributed by atoms with van der Waals surface area (Å²) in [4.78, 5) is 24.9. The highest BCUT2D eigenvalue weighted by atomic mass is 16.4. The number of hydrogen-bond acceptors (Lipinski definition) is 2. The third kappa shape index (κ3) is 3.61. The summed E-state index contributed by atoms with van der Waals surface area (Å²) in [5.41, 5.74) is 0. The van der Waals surface area contributed by atoms with Gasteiger partial charge in [0.15, 0.2) is 0 Å². The first-order valence-corrected chi connectivity index (χ1v) is 7.36. The third-order valence-electron chi connectivity index (χ3n) is 4.40. The number of nitrogens with one attached hydrogen (secondary N) is 1. The maximum Gasteiger partial charge on any atom is 0.317 e. The largest absolute Gasteiger partial charge is 0.481 e. The van der Waals surface area contributed by atoms with Gasteiger partial charge in [0, 0.05) is 19.1 Å². The fourth-order valence-electron chi connectivity index (χ4n) is 3.14. The molecule has 1 saturated heterocycles. The van der Waals surface area contributed by atoms with E-state index >= 15 is 0 Å². The van der Waals surface area contributed by atoms with Crippen molar-refractivity contribution in [1.82, 2.24) is 10.2 Å². The second-order valence-corrected chi connectivity index (χ2v) is 5.96. The molecule has 0 bridgehead atoms. The van der Waals surface area contributed by atoms with Crippen molar-refractivity contribution in [2.45, 2.75) is 51.5 Å². The zero-order chi connectivity index (χ0) is 13.8. The van der Waals surface area contributed by atoms with E-state index < -0.39 is 11.9 Å². The lowest BCUT2D eigenvalue weighted by Gasteiger charge is -2.22. The van der Waals surface area contributed by atoms with Crippen LogP contribution in [0.1, 0.15) is 45.4 Å². The van der Waals surface area contributed by atoms with Crippen LogP contribution in [0.2, 0.25) is 0 Å². The summed E-state index contributed by atoms with van der Waals surface area (Å²) in [5.74, 6) is -1.17. The van der Waals surface area contributed by atoms with Gasteiger partial charge in [-0.1, -0.05) is 32.6 Å². The van der Waals surface area contributed by atoms with Crippen LogP contribution in [0.25, 0.3) is 0 Å². The number of aliphatic carboxylic acids is 1. The van der Waals surface area contributed by atoms with Crippen LogP contribution in [0.15, 0.2) is 0 Å². The fourth-order valence-corrected chi connectivity index (χ4v) is 3.14. The molecule has 1 aliphatic heterocycles. The summed E-state index contributed by atoms with van der Waals surface area (Å²) in [7, 11) is 0. The zero-order valence-corrected chi connectivity index (χ0v) is 11.6. The van der Waals surface area contributed by atoms with Gasteiger partial charge in [0.1, 0.15) is 0 Å². The van der Waals surface area contributed by atoms with Crippen LogP contribution in [-0.2, 0) is 4.79 Å². The lowest BCUT2D eigenvalue weighted by molar-refractivity contribution is -0.142. The molecule has 0 aromatic carbocycles. The molecule has 0 spiro atoms. The number of rotatable bonds is 2. The van der Waals surface area contributed by atoms with E-state index in [-0.39, 0.29) is 18.0 Å². The Bertz CT molecular complexity index is 338. The highest BCUT2D eigenvalue weighted by Gasteiger charge is 2.37. The minimum absolute atomic E-state index is 0.0392. The van der Waals surface area contributed by atoms with Gasteiger partial charge < -0.3 is 15.3 Å². The minimum Gasteiger partial charge on any atom is -0.481 e. The van der Waals surface area contributed by atoms with Crippen molar-refractivity contribution in [2.24, 2.45) is 11.8 Å². The van der Waals surface area contributed by atoms with Gasteiger partial charge >= 0.3 is 12.0 Å². The predicted octanol–water partition coefficient (Wildman–Crippen LogP) is 2.07. The number of amides is 2. The average Bonchev–Trinajstić information content (AvgIpc) is 2.58. The smallest absolute Gasteiger partial charge is 0.317 e. The molecule has 2 rings (SSSR count). The van der Waals surface area contributed by atoms with Crippen molar-refractivity contribution in [2.75, 3.05) is 13.1 Å². The van der Waals surface area contributed by atoms with E-state index in [2.05, 4.69) is 5.32 Å². The summed E-state index contributed by atoms with van der Waals surface area (Å²) in [6.45, 7) is 2.79. The summed E-state index contributed by atoms with van der Waals surface area (Å²) >= 11 is 0. The Hall–Kier alpha value is -1.26. The van der Waals surface area contributed by atoms with E-state index in [0.29, 0.717) is 13.1 Å². The van der Waals surface area contributed by atoms with Crippen molar-refractivity contribution in [3.05, 3.63) is 0 Å². The van der Waals surface area contributed by atoms with E-state index in [4.69, 9.17) is 5.11 Å². The van der Waals surface area contributed by atoms with Gasteiger partial charge in [-0.2, -0.15) is 0 Å². The molecular weight excluding hydrogens is 244 g/mol. The van der Waals surface area contributed by atoms with E-state index in [1.165, 1.54) is 25.7 Å². The minimum atomic E-state index is -0.794. The summed E-state index contributed by atoms with van der Waals surface area (Å²) < 4.78 is 0. The van der Waals surface area contributed by atoms with Gasteiger partial charge in [0.25, 0.3) is 0 Å². The Labute approximate surface area is 114 Å². The molecule has 2 N–H and O–H groups in total. The van der Waals surface area contributed by atoms with Gasteiger partial charge in [-0.15, -0.1) is 0 Å². The van der Waals surface area contributed by atoms with Crippen molar-refractivity contribution in [1.29, 1.82) is 0 Å². The Morgan fingerprint density at radius 1 is 1.11 bits per heavy atom. The normalized spacial score (nSPS) is 29.0. The quantitative estimate of drug-likeness (QED) is 0.753. The second-order valence-electron chi connectivity index (χ2n) is 5.96. The first-order valence-electron chi connectivity index (χ1n) is 7.36. The Morgan fingerprint density at radius 2 is 1.74 bits per heavy atom. The molecule has 2 fully saturated rings. The number of carbonyl (C=O) groups excluding carboxylic acids is 1. The highest BCUT2D eigenvalue weighted by molar-refractivity contribution is 5.77. The molecular formula is C14H24N2O3. The molecule has 0 aromatic heterocycles. The van der Waals surface area contributed by atoms with Gasteiger partial charge in [0.05, 0.1) is 5.92 Å². The van der Waals surface area contributed by atoms with E-state index in [1.54, 1.807) is 4.90 Å². The molecule has 5 nitrogen and oxygen atoms in total. The summed E-state index contributed by atoms with van der Waals surface area (Å²) in [6, 6.07) is 0.191. The van der Waals surface area contributed by atoms with Crippen molar-refractivity contribution >= 4 is 12.0 Å². The van der Waals surface area contributed by atoms with E-state index in [0.717, 1.165) is 12.8 Å². The first-order chi connectivity index (χ1) is 9.08. The number of carbonyl (C=O) groups is 2. The van der Waals surface area contributed by atoms with Crippen LogP contribution in [0.3, 0.4) is 0 Å². The number of likely N-dealkylation sites (tertiary alicyclic amines) is 1. The molecule has 1 saturated carbocycles. The lowest BCUT2D eigenvalue weighted by atomic mass is 9.99. The maximum atomic E-state index is 12.2. The van der Waals surface area contributed by atoms with Crippen molar-refractivity contribution in [3.8, 4) is 0 Å². The van der Waals surface area contributed by atoms with Crippen LogP contribution < -0.4 is 5.32 Å². The SMILES string of the molecule is C[C@@H]1CN(C(=O)NC2CCCCCC2)C[C@H]1C(=O)O. The average molecular weight is 268 g/mol. The molecule has 2 amide bonds. The van der Waals surface area contributed by atoms with Crippen LogP contribution in [-0.4, -0.2) is 41.1 Å². The molecule has 2 atom stereocenters. The number of carboxylic acids is 1. The molecule has 19 heavy (non-hydrogen) atoms. The monoisotopic (exact) mass is 268 g/mol. The molecule has 5 heteroatoms. The van der Waals surface area contributed by atoms with Gasteiger partial charge in [-0.25, -0.2) is 4.79 Å². The first kappa shape index (κ1) is 14.2. The summed E-state index contributed by atoms with van der Waals surface area (Å²) in [5, 5.41) is 12.2. The topological polar surface area (TPSA) is 69.6 Å². The Morgan fingerprint density at radius 3 is 2.26 bits per heavy atom. The number of urea groups is 1. The van der Waals surface area contributed by atoms with Crippen LogP contribution >= 0.6 is 0 Å². The Balaban J connectivity index is 1.85. The van der Waals surface area contributed by atoms with Crippen molar-refractivity contribution in [3.63, 3.8) is 0 Å². The molecule has 108 valence electrons. The highest BCUT2D eigenvalue weighted by Crippen LogP contribution is 2.24. The number of hydrogen-bond donors (Lipinski definition) is 2. The summed E-state index contributed by atoms with van der Waals surface area (Å²) in [6.07, 6.45) is 6.98. The van der Waals surface area contributed by atoms with Gasteiger partial charge in [0.2, 0.25) is 0 Å². The molecule has 0 unspecified atom stereocenters. The molecule has 0 radical (unpaired) electrons. The zero-order valence-electron chi connectivity index (χ0n) is 11.6. The third-order valence-corrected chi connectivity index (χ3v) is 4.40. The predicted molar refractivity (Wildman–Crippen MR) is 71.9 cm³/mol. The van der Waals surface area contributed by atoms with Crippen LogP contribution in [0.4, 0.5) is 4.79 Å². The standard InChI is InChI=1S/C14H24N2O3/c1-10-8-16(9-12(10)13(17)18)14(19)15-11-6-4-2-3-5-7-11/h10-12H,2-9H2,1H3,(H,15,19)(H,17,18)/t10-,12-/m1/s1. The number of carboxylic acid groups (broad SMARTS) is 1. The molecule has 1 heterocycles. The maximum absolute atomic E-state index is 12.2. The van der Waals surface area contributed by atoms with Crippen LogP contribution in [0.5, 0.6) is 0 Å². The van der Waals surface area contributed by atoms with Gasteiger partial charge in [-0.3, -0.25) is 4.79 Å². The fraction of sp³-hybridized carbons (Fsp3) is 0.857. The van der Waals surface area contributed by atoms with Crippen LogP contribution in [0, 0.1) is 11.8 Å². The van der Waals surface area contributed by atoms with E-state index in [9.17, 15) is 9.59 Å². The lowest BCUT2D eigenvalue weighted by Crippen LogP contribution is -2.44. The molecule has 2 aliphatic rings. The van der Waals surface area contributed by atoms with E-state index in [1.807, 2.05) is 6.92 Å². The molecule has 0 aromatic rings. The van der Waals surface area contributed by atoms with Crippen molar-refractivity contribution < 1.29 is 14.7 Å². The molecule has 1 aliphatic carbocycles. The Kier molecular flexibility index (Phi) is 4.66.